The molecule has 0 atom stereocenters. The fourth-order valence-corrected chi connectivity index (χ4v) is 3.82. The Bertz CT molecular complexity index is 450. The molecular formula is C11H20N2O2S2. The molecule has 0 aliphatic heterocycles. The highest BCUT2D eigenvalue weighted by Gasteiger charge is 2.19. The third-order valence-corrected chi connectivity index (χ3v) is 5.72. The molecule has 0 spiro atoms. The van der Waals surface area contributed by atoms with E-state index in [1.165, 1.54) is 15.6 Å². The van der Waals surface area contributed by atoms with E-state index < -0.39 is 10.0 Å². The zero-order valence-electron chi connectivity index (χ0n) is 10.7. The van der Waals surface area contributed by atoms with Crippen LogP contribution in [0.5, 0.6) is 0 Å². The second-order valence-corrected chi connectivity index (χ2v) is 7.91. The van der Waals surface area contributed by atoms with Gasteiger partial charge in [0.2, 0.25) is 0 Å². The number of hydrogen-bond acceptors (Lipinski definition) is 4. The third kappa shape index (κ3) is 4.06. The summed E-state index contributed by atoms with van der Waals surface area (Å²) >= 11 is 1.35. The Labute approximate surface area is 108 Å². The molecule has 17 heavy (non-hydrogen) atoms. The molecule has 0 radical (unpaired) electrons. The van der Waals surface area contributed by atoms with Gasteiger partial charge in [-0.25, -0.2) is 12.7 Å². The van der Waals surface area contributed by atoms with E-state index in [2.05, 4.69) is 19.2 Å². The van der Waals surface area contributed by atoms with Crippen LogP contribution < -0.4 is 5.32 Å². The average molecular weight is 276 g/mol. The Balaban J connectivity index is 2.66. The molecule has 1 aromatic rings. The van der Waals surface area contributed by atoms with Gasteiger partial charge in [0.1, 0.15) is 4.21 Å². The molecule has 0 saturated carbocycles. The van der Waals surface area contributed by atoms with Crippen LogP contribution in [0.1, 0.15) is 18.7 Å². The van der Waals surface area contributed by atoms with Crippen LogP contribution in [0, 0.1) is 0 Å². The molecule has 6 heteroatoms. The summed E-state index contributed by atoms with van der Waals surface area (Å²) < 4.78 is 25.4. The van der Waals surface area contributed by atoms with E-state index >= 15 is 0 Å². The predicted octanol–water partition coefficient (Wildman–Crippen LogP) is 1.54. The van der Waals surface area contributed by atoms with Gasteiger partial charge in [-0.05, 0) is 18.6 Å². The lowest BCUT2D eigenvalue weighted by Gasteiger charge is -2.08. The first-order valence-electron chi connectivity index (χ1n) is 5.58. The van der Waals surface area contributed by atoms with E-state index in [4.69, 9.17) is 0 Å². The van der Waals surface area contributed by atoms with Crippen molar-refractivity contribution in [1.29, 1.82) is 0 Å². The van der Waals surface area contributed by atoms with Crippen molar-refractivity contribution < 1.29 is 8.42 Å². The first kappa shape index (κ1) is 14.6. The number of sulfonamides is 1. The molecule has 98 valence electrons. The molecule has 0 amide bonds. The van der Waals surface area contributed by atoms with Crippen LogP contribution in [0.4, 0.5) is 0 Å². The second-order valence-electron chi connectivity index (χ2n) is 4.37. The van der Waals surface area contributed by atoms with E-state index in [0.29, 0.717) is 10.3 Å². The van der Waals surface area contributed by atoms with Gasteiger partial charge in [0.05, 0.1) is 0 Å². The van der Waals surface area contributed by atoms with Gasteiger partial charge in [-0.15, -0.1) is 11.3 Å². The number of nitrogens with one attached hydrogen (secondary N) is 1. The van der Waals surface area contributed by atoms with Crippen LogP contribution in [0.25, 0.3) is 0 Å². The Hall–Kier alpha value is -0.430. The number of rotatable bonds is 6. The van der Waals surface area contributed by atoms with Gasteiger partial charge in [0.15, 0.2) is 0 Å². The van der Waals surface area contributed by atoms with E-state index in [9.17, 15) is 8.42 Å². The van der Waals surface area contributed by atoms with Gasteiger partial charge >= 0.3 is 0 Å². The maximum Gasteiger partial charge on any atom is 0.252 e. The first-order valence-corrected chi connectivity index (χ1v) is 7.84. The smallest absolute Gasteiger partial charge is 0.252 e. The summed E-state index contributed by atoms with van der Waals surface area (Å²) in [4.78, 5) is 1.10. The topological polar surface area (TPSA) is 49.4 Å². The van der Waals surface area contributed by atoms with E-state index in [0.717, 1.165) is 17.8 Å². The highest BCUT2D eigenvalue weighted by Crippen LogP contribution is 2.23. The van der Waals surface area contributed by atoms with Crippen molar-refractivity contribution in [1.82, 2.24) is 9.62 Å². The summed E-state index contributed by atoms with van der Waals surface area (Å²) in [6, 6.07) is 4.04. The van der Waals surface area contributed by atoms with Crippen molar-refractivity contribution in [3.63, 3.8) is 0 Å². The van der Waals surface area contributed by atoms with E-state index in [1.807, 2.05) is 6.07 Å². The van der Waals surface area contributed by atoms with E-state index in [1.54, 1.807) is 20.2 Å². The Morgan fingerprint density at radius 3 is 2.53 bits per heavy atom. The summed E-state index contributed by atoms with van der Waals surface area (Å²) in [6.45, 7) is 5.06. The van der Waals surface area contributed by atoms with Crippen LogP contribution >= 0.6 is 11.3 Å². The monoisotopic (exact) mass is 276 g/mol. The molecule has 4 nitrogen and oxygen atoms in total. The molecule has 0 aliphatic rings. The number of nitrogens with zero attached hydrogens (tertiary/aromatic N) is 1. The second kappa shape index (κ2) is 5.95. The molecule has 0 saturated heterocycles. The molecule has 1 heterocycles. The zero-order chi connectivity index (χ0) is 13.1. The molecule has 1 aromatic heterocycles. The van der Waals surface area contributed by atoms with Crippen molar-refractivity contribution in [2.45, 2.75) is 30.5 Å². The van der Waals surface area contributed by atoms with Crippen LogP contribution in [0.3, 0.4) is 0 Å². The third-order valence-electron chi connectivity index (χ3n) is 2.30. The SMILES string of the molecule is CC(C)NCCc1ccc(S(=O)(=O)N(C)C)s1. The van der Waals surface area contributed by atoms with Gasteiger partial charge in [-0.3, -0.25) is 0 Å². The van der Waals surface area contributed by atoms with Gasteiger partial charge < -0.3 is 5.32 Å². The standard InChI is InChI=1S/C11H20N2O2S2/c1-9(2)12-8-7-10-5-6-11(16-10)17(14,15)13(3)4/h5-6,9,12H,7-8H2,1-4H3. The van der Waals surface area contributed by atoms with Crippen LogP contribution in [0.15, 0.2) is 16.3 Å². The normalized spacial score (nSPS) is 12.6. The van der Waals surface area contributed by atoms with Crippen LogP contribution in [0.2, 0.25) is 0 Å². The minimum atomic E-state index is -3.27. The number of hydrogen-bond donors (Lipinski definition) is 1. The minimum absolute atomic E-state index is 0.419. The van der Waals surface area contributed by atoms with Crippen molar-refractivity contribution >= 4 is 21.4 Å². The lowest BCUT2D eigenvalue weighted by Crippen LogP contribution is -2.24. The first-order chi connectivity index (χ1) is 7.84. The lowest BCUT2D eigenvalue weighted by atomic mass is 10.3. The molecule has 0 aliphatic carbocycles. The fourth-order valence-electron chi connectivity index (χ4n) is 1.30. The van der Waals surface area contributed by atoms with Crippen LogP contribution in [-0.4, -0.2) is 39.4 Å². The summed E-state index contributed by atoms with van der Waals surface area (Å²) in [5.74, 6) is 0. The lowest BCUT2D eigenvalue weighted by molar-refractivity contribution is 0.523. The average Bonchev–Trinajstić information content (AvgIpc) is 2.66. The molecule has 0 fully saturated rings. The molecule has 0 unspecified atom stereocenters. The predicted molar refractivity (Wildman–Crippen MR) is 72.0 cm³/mol. The summed E-state index contributed by atoms with van der Waals surface area (Å²) in [5, 5.41) is 3.31. The Kier molecular flexibility index (Phi) is 5.12. The van der Waals surface area contributed by atoms with Gasteiger partial charge in [0, 0.05) is 31.6 Å². The van der Waals surface area contributed by atoms with E-state index in [-0.39, 0.29) is 0 Å². The quantitative estimate of drug-likeness (QED) is 0.857. The summed E-state index contributed by atoms with van der Waals surface area (Å²) in [5.41, 5.74) is 0. The maximum absolute atomic E-state index is 11.8. The van der Waals surface area contributed by atoms with Crippen molar-refractivity contribution in [3.8, 4) is 0 Å². The molecule has 0 aromatic carbocycles. The number of thiophene rings is 1. The largest absolute Gasteiger partial charge is 0.314 e. The molecule has 0 bridgehead atoms. The van der Waals surface area contributed by atoms with Crippen LogP contribution in [-0.2, 0) is 16.4 Å². The Morgan fingerprint density at radius 1 is 1.35 bits per heavy atom. The summed E-state index contributed by atoms with van der Waals surface area (Å²) in [6.07, 6.45) is 0.867. The minimum Gasteiger partial charge on any atom is -0.314 e. The highest BCUT2D eigenvalue weighted by molar-refractivity contribution is 7.91. The Morgan fingerprint density at radius 2 is 2.00 bits per heavy atom. The zero-order valence-corrected chi connectivity index (χ0v) is 12.4. The molecule has 1 rings (SSSR count). The van der Waals surface area contributed by atoms with Gasteiger partial charge in [-0.1, -0.05) is 13.8 Å². The van der Waals surface area contributed by atoms with Gasteiger partial charge in [0.25, 0.3) is 10.0 Å². The molecule has 1 N–H and O–H groups in total. The maximum atomic E-state index is 11.8. The summed E-state index contributed by atoms with van der Waals surface area (Å²) in [7, 11) is -0.165. The van der Waals surface area contributed by atoms with Crippen molar-refractivity contribution in [2.24, 2.45) is 0 Å². The highest BCUT2D eigenvalue weighted by atomic mass is 32.2. The fraction of sp³-hybridized carbons (Fsp3) is 0.636. The molecular weight excluding hydrogens is 256 g/mol. The van der Waals surface area contributed by atoms with Gasteiger partial charge in [-0.2, -0.15) is 0 Å². The van der Waals surface area contributed by atoms with Crippen molar-refractivity contribution in [2.75, 3.05) is 20.6 Å². The van der Waals surface area contributed by atoms with Crippen molar-refractivity contribution in [3.05, 3.63) is 17.0 Å².